The van der Waals surface area contributed by atoms with E-state index in [1.165, 1.54) is 4.88 Å². The number of aromatic nitrogens is 2. The molecular formula is C25H26ClN3O3S2. The first-order chi connectivity index (χ1) is 16.1. The number of hydrogen-bond acceptors (Lipinski definition) is 5. The Morgan fingerprint density at radius 1 is 1.21 bits per heavy atom. The van der Waals surface area contributed by atoms with E-state index in [2.05, 4.69) is 22.3 Å². The third-order valence-corrected chi connectivity index (χ3v) is 8.19. The van der Waals surface area contributed by atoms with Crippen LogP contribution in [0, 0.1) is 0 Å². The minimum Gasteiger partial charge on any atom is -0.386 e. The van der Waals surface area contributed by atoms with Crippen LogP contribution in [0.1, 0.15) is 42.7 Å². The molecule has 0 spiro atoms. The summed E-state index contributed by atoms with van der Waals surface area (Å²) in [5.41, 5.74) is 1.31. The van der Waals surface area contributed by atoms with E-state index >= 15 is 0 Å². The van der Waals surface area contributed by atoms with E-state index in [1.807, 2.05) is 36.4 Å². The highest BCUT2D eigenvalue weighted by molar-refractivity contribution is 7.83. The van der Waals surface area contributed by atoms with Gasteiger partial charge in [-0.05, 0) is 55.8 Å². The quantitative estimate of drug-likeness (QED) is 0.351. The lowest BCUT2D eigenvalue weighted by Crippen LogP contribution is -2.27. The molecule has 2 aromatic heterocycles. The molecule has 1 atom stereocenters. The normalized spacial score (nSPS) is 14.5. The zero-order valence-corrected chi connectivity index (χ0v) is 21.3. The van der Waals surface area contributed by atoms with Crippen molar-refractivity contribution in [1.82, 2.24) is 10.2 Å². The third-order valence-electron chi connectivity index (χ3n) is 5.51. The fraction of sp³-hybridized carbons (Fsp3) is 0.280. The van der Waals surface area contributed by atoms with Crippen molar-refractivity contribution in [3.8, 4) is 11.3 Å². The van der Waals surface area contributed by atoms with Crippen molar-refractivity contribution in [3.05, 3.63) is 86.0 Å². The lowest BCUT2D eigenvalue weighted by Gasteiger charge is -2.16. The topological polar surface area (TPSA) is 109 Å². The number of fused-ring (bicyclic) bond motifs is 1. The van der Waals surface area contributed by atoms with Crippen LogP contribution in [-0.4, -0.2) is 24.8 Å². The van der Waals surface area contributed by atoms with Crippen LogP contribution in [0.25, 0.3) is 21.3 Å². The SMILES string of the molecule is CC(C)(O)c1cc(-c2cccc3cc(Cc4ccccc4Cl)sc23)n[nH]c1=O.NS(=O)C1CC1. The molecule has 0 radical (unpaired) electrons. The molecule has 34 heavy (non-hydrogen) atoms. The number of nitrogens with two attached hydrogens (primary N) is 1. The number of aliphatic hydroxyl groups is 1. The summed E-state index contributed by atoms with van der Waals surface area (Å²) in [6, 6.07) is 17.7. The Labute approximate surface area is 209 Å². The Hall–Kier alpha value is -2.36. The predicted molar refractivity (Wildman–Crippen MR) is 141 cm³/mol. The van der Waals surface area contributed by atoms with Gasteiger partial charge in [0.25, 0.3) is 5.56 Å². The molecule has 6 nitrogen and oxygen atoms in total. The number of rotatable bonds is 5. The Bertz CT molecular complexity index is 1400. The van der Waals surface area contributed by atoms with Crippen molar-refractivity contribution < 1.29 is 9.32 Å². The maximum absolute atomic E-state index is 12.1. The van der Waals surface area contributed by atoms with Gasteiger partial charge in [-0.2, -0.15) is 5.10 Å². The van der Waals surface area contributed by atoms with Crippen molar-refractivity contribution in [2.75, 3.05) is 0 Å². The number of halogens is 1. The van der Waals surface area contributed by atoms with Crippen LogP contribution in [0.2, 0.25) is 5.02 Å². The summed E-state index contributed by atoms with van der Waals surface area (Å²) in [5.74, 6) is 0. The fourth-order valence-electron chi connectivity index (χ4n) is 3.53. The van der Waals surface area contributed by atoms with Gasteiger partial charge in [0.1, 0.15) is 0 Å². The van der Waals surface area contributed by atoms with Crippen LogP contribution in [0.3, 0.4) is 0 Å². The van der Waals surface area contributed by atoms with Crippen molar-refractivity contribution in [2.24, 2.45) is 5.14 Å². The molecule has 9 heteroatoms. The highest BCUT2D eigenvalue weighted by Crippen LogP contribution is 2.36. The second-order valence-corrected chi connectivity index (χ2v) is 11.7. The van der Waals surface area contributed by atoms with Gasteiger partial charge < -0.3 is 5.11 Å². The molecule has 2 heterocycles. The van der Waals surface area contributed by atoms with Gasteiger partial charge in [-0.1, -0.05) is 48.0 Å². The molecule has 0 bridgehead atoms. The average Bonchev–Trinajstić information content (AvgIpc) is 3.55. The summed E-state index contributed by atoms with van der Waals surface area (Å²) in [6.07, 6.45) is 2.90. The van der Waals surface area contributed by atoms with Crippen LogP contribution in [0.5, 0.6) is 0 Å². The summed E-state index contributed by atoms with van der Waals surface area (Å²) in [7, 11) is -1.01. The van der Waals surface area contributed by atoms with Gasteiger partial charge in [-0.25, -0.2) is 9.31 Å². The van der Waals surface area contributed by atoms with Crippen LogP contribution in [0.15, 0.2) is 59.4 Å². The highest BCUT2D eigenvalue weighted by Gasteiger charge is 2.25. The molecule has 1 fully saturated rings. The van der Waals surface area contributed by atoms with E-state index < -0.39 is 16.6 Å². The molecule has 2 aromatic carbocycles. The van der Waals surface area contributed by atoms with E-state index in [-0.39, 0.29) is 5.56 Å². The minimum atomic E-state index is -1.25. The molecule has 1 aliphatic rings. The smallest absolute Gasteiger partial charge is 0.270 e. The Kier molecular flexibility index (Phi) is 7.35. The summed E-state index contributed by atoms with van der Waals surface area (Å²) >= 11 is 8.00. The summed E-state index contributed by atoms with van der Waals surface area (Å²) in [4.78, 5) is 13.3. The van der Waals surface area contributed by atoms with E-state index in [9.17, 15) is 14.1 Å². The zero-order chi connectivity index (χ0) is 24.5. The van der Waals surface area contributed by atoms with Gasteiger partial charge in [0, 0.05) is 31.8 Å². The van der Waals surface area contributed by atoms with Crippen LogP contribution in [-0.2, 0) is 23.0 Å². The van der Waals surface area contributed by atoms with E-state index in [0.717, 1.165) is 45.5 Å². The number of H-pyrrole nitrogens is 1. The maximum Gasteiger partial charge on any atom is 0.270 e. The lowest BCUT2D eigenvalue weighted by molar-refractivity contribution is 0.0769. The van der Waals surface area contributed by atoms with Crippen LogP contribution >= 0.6 is 22.9 Å². The van der Waals surface area contributed by atoms with Gasteiger partial charge >= 0.3 is 0 Å². The average molecular weight is 516 g/mol. The molecule has 1 aliphatic carbocycles. The number of nitrogens with one attached hydrogen (secondary N) is 1. The second-order valence-electron chi connectivity index (χ2n) is 8.79. The van der Waals surface area contributed by atoms with E-state index in [0.29, 0.717) is 16.5 Å². The first kappa shape index (κ1) is 24.8. The van der Waals surface area contributed by atoms with Gasteiger partial charge in [0.05, 0.1) is 27.8 Å². The molecule has 4 N–H and O–H groups in total. The maximum atomic E-state index is 12.1. The third kappa shape index (κ3) is 5.82. The zero-order valence-electron chi connectivity index (χ0n) is 18.9. The predicted octanol–water partition coefficient (Wildman–Crippen LogP) is 4.89. The minimum absolute atomic E-state index is 0.294. The summed E-state index contributed by atoms with van der Waals surface area (Å²) < 4.78 is 11.2. The first-order valence-corrected chi connectivity index (χ1v) is 13.3. The van der Waals surface area contributed by atoms with Crippen molar-refractivity contribution in [3.63, 3.8) is 0 Å². The number of benzene rings is 2. The van der Waals surface area contributed by atoms with E-state index in [1.54, 1.807) is 31.3 Å². The van der Waals surface area contributed by atoms with Crippen LogP contribution < -0.4 is 10.7 Å². The first-order valence-electron chi connectivity index (χ1n) is 10.9. The summed E-state index contributed by atoms with van der Waals surface area (Å²) in [5, 5.41) is 24.2. The van der Waals surface area contributed by atoms with E-state index in [4.69, 9.17) is 16.7 Å². The Balaban J connectivity index is 0.000000398. The highest BCUT2D eigenvalue weighted by atomic mass is 35.5. The molecule has 0 saturated heterocycles. The molecule has 1 unspecified atom stereocenters. The Morgan fingerprint density at radius 3 is 2.56 bits per heavy atom. The van der Waals surface area contributed by atoms with Gasteiger partial charge in [-0.15, -0.1) is 11.3 Å². The second kappa shape index (κ2) is 10.1. The molecule has 0 aliphatic heterocycles. The monoisotopic (exact) mass is 515 g/mol. The van der Waals surface area contributed by atoms with Crippen molar-refractivity contribution >= 4 is 44.0 Å². The molecule has 5 rings (SSSR count). The fourth-order valence-corrected chi connectivity index (χ4v) is 5.54. The number of nitrogens with zero attached hydrogens (tertiary/aromatic N) is 1. The number of thiophene rings is 1. The molecule has 4 aromatic rings. The molecule has 1 saturated carbocycles. The molecule has 0 amide bonds. The largest absolute Gasteiger partial charge is 0.386 e. The van der Waals surface area contributed by atoms with Crippen LogP contribution in [0.4, 0.5) is 0 Å². The van der Waals surface area contributed by atoms with Gasteiger partial charge in [-0.3, -0.25) is 9.93 Å². The summed E-state index contributed by atoms with van der Waals surface area (Å²) in [6.45, 7) is 3.18. The van der Waals surface area contributed by atoms with Gasteiger partial charge in [0.15, 0.2) is 0 Å². The van der Waals surface area contributed by atoms with Gasteiger partial charge in [0.2, 0.25) is 0 Å². The van der Waals surface area contributed by atoms with Crippen molar-refractivity contribution in [2.45, 2.75) is 44.0 Å². The molecular weight excluding hydrogens is 490 g/mol. The number of aromatic amines is 1. The lowest BCUT2D eigenvalue weighted by atomic mass is 9.98. The van der Waals surface area contributed by atoms with Crippen molar-refractivity contribution in [1.29, 1.82) is 0 Å². The standard InChI is InChI=1S/C22H19ClN2O2S.C3H7NOS/c1-22(2,27)17-12-19(24-25-21(17)26)16-8-5-7-14-11-15(28-20(14)16)10-13-6-3-4-9-18(13)23;4-6(5)3-1-2-3/h3-9,11-12,27H,10H2,1-2H3,(H,25,26);3H,1-2,4H2. The Morgan fingerprint density at radius 2 is 1.94 bits per heavy atom. The number of hydrogen-bond donors (Lipinski definition) is 3. The molecule has 178 valence electrons.